The van der Waals surface area contributed by atoms with E-state index in [4.69, 9.17) is 5.11 Å². The van der Waals surface area contributed by atoms with E-state index in [0.29, 0.717) is 19.4 Å². The van der Waals surface area contributed by atoms with Gasteiger partial charge in [0.25, 0.3) is 0 Å². The van der Waals surface area contributed by atoms with Gasteiger partial charge in [-0.1, -0.05) is 19.9 Å². The molecule has 0 saturated heterocycles. The van der Waals surface area contributed by atoms with Crippen molar-refractivity contribution in [1.82, 2.24) is 10.6 Å². The molecule has 0 bridgehead atoms. The van der Waals surface area contributed by atoms with Crippen LogP contribution in [0.15, 0.2) is 18.2 Å². The minimum absolute atomic E-state index is 0.0723. The van der Waals surface area contributed by atoms with Crippen LogP contribution in [0.1, 0.15) is 38.3 Å². The molecule has 0 aliphatic heterocycles. The maximum atomic E-state index is 13.7. The summed E-state index contributed by atoms with van der Waals surface area (Å²) < 4.78 is 26.6. The van der Waals surface area contributed by atoms with E-state index in [1.165, 1.54) is 12.1 Å². The Hall–Kier alpha value is -1.69. The average molecular weight is 300 g/mol. The second kappa shape index (κ2) is 8.56. The van der Waals surface area contributed by atoms with Crippen molar-refractivity contribution in [2.24, 2.45) is 5.92 Å². The Morgan fingerprint density at radius 3 is 2.67 bits per heavy atom. The van der Waals surface area contributed by atoms with Gasteiger partial charge in [-0.25, -0.2) is 13.6 Å². The molecule has 6 heteroatoms. The van der Waals surface area contributed by atoms with Crippen molar-refractivity contribution in [2.45, 2.75) is 32.7 Å². The summed E-state index contributed by atoms with van der Waals surface area (Å²) >= 11 is 0. The van der Waals surface area contributed by atoms with Gasteiger partial charge < -0.3 is 15.7 Å². The number of benzene rings is 1. The predicted octanol–water partition coefficient (Wildman–Crippen LogP) is 2.73. The molecule has 2 amide bonds. The van der Waals surface area contributed by atoms with Crippen LogP contribution in [0.5, 0.6) is 0 Å². The minimum atomic E-state index is -0.671. The summed E-state index contributed by atoms with van der Waals surface area (Å²) in [5.74, 6) is -1.16. The zero-order valence-corrected chi connectivity index (χ0v) is 12.3. The average Bonchev–Trinajstić information content (AvgIpc) is 2.43. The Morgan fingerprint density at radius 2 is 2.10 bits per heavy atom. The fraction of sp³-hybridized carbons (Fsp3) is 0.533. The largest absolute Gasteiger partial charge is 0.396 e. The molecule has 0 saturated carbocycles. The molecule has 2 unspecified atom stereocenters. The SMILES string of the molecule is CCC(NC(=O)NCC(C)CCO)c1ccc(F)cc1F. The Balaban J connectivity index is 2.59. The molecule has 1 aromatic rings. The highest BCUT2D eigenvalue weighted by molar-refractivity contribution is 5.74. The van der Waals surface area contributed by atoms with E-state index in [1.54, 1.807) is 0 Å². The van der Waals surface area contributed by atoms with Gasteiger partial charge in [0.1, 0.15) is 11.6 Å². The summed E-state index contributed by atoms with van der Waals surface area (Å²) in [6.07, 6.45) is 1.09. The number of halogens is 2. The van der Waals surface area contributed by atoms with Crippen molar-refractivity contribution in [2.75, 3.05) is 13.2 Å². The molecule has 0 fully saturated rings. The summed E-state index contributed by atoms with van der Waals surface area (Å²) in [6.45, 7) is 4.22. The van der Waals surface area contributed by atoms with E-state index < -0.39 is 23.7 Å². The summed E-state index contributed by atoms with van der Waals surface area (Å²) in [7, 11) is 0. The Labute approximate surface area is 123 Å². The highest BCUT2D eigenvalue weighted by Gasteiger charge is 2.17. The first-order valence-corrected chi connectivity index (χ1v) is 7.08. The first-order chi connectivity index (χ1) is 9.97. The maximum absolute atomic E-state index is 13.7. The van der Waals surface area contributed by atoms with E-state index in [9.17, 15) is 13.6 Å². The number of aliphatic hydroxyl groups is 1. The van der Waals surface area contributed by atoms with Gasteiger partial charge in [-0.2, -0.15) is 0 Å². The van der Waals surface area contributed by atoms with Gasteiger partial charge >= 0.3 is 6.03 Å². The van der Waals surface area contributed by atoms with Gasteiger partial charge in [0.15, 0.2) is 0 Å². The number of urea groups is 1. The van der Waals surface area contributed by atoms with Crippen LogP contribution in [0.4, 0.5) is 13.6 Å². The molecule has 1 aromatic carbocycles. The van der Waals surface area contributed by atoms with Crippen molar-refractivity contribution < 1.29 is 18.7 Å². The molecular weight excluding hydrogens is 278 g/mol. The fourth-order valence-corrected chi connectivity index (χ4v) is 1.98. The molecular formula is C15H22F2N2O2. The summed E-state index contributed by atoms with van der Waals surface area (Å²) in [4.78, 5) is 11.8. The van der Waals surface area contributed by atoms with Crippen LogP contribution in [0.3, 0.4) is 0 Å². The monoisotopic (exact) mass is 300 g/mol. The number of carbonyl (C=O) groups excluding carboxylic acids is 1. The lowest BCUT2D eigenvalue weighted by Crippen LogP contribution is -2.40. The van der Waals surface area contributed by atoms with Crippen LogP contribution in [0, 0.1) is 17.6 Å². The third kappa shape index (κ3) is 5.67. The zero-order valence-electron chi connectivity index (χ0n) is 12.3. The van der Waals surface area contributed by atoms with Crippen molar-refractivity contribution in [3.05, 3.63) is 35.4 Å². The molecule has 3 N–H and O–H groups in total. The highest BCUT2D eigenvalue weighted by atomic mass is 19.1. The normalized spacial score (nSPS) is 13.6. The van der Waals surface area contributed by atoms with Gasteiger partial charge in [0, 0.05) is 24.8 Å². The van der Waals surface area contributed by atoms with Crippen molar-refractivity contribution in [1.29, 1.82) is 0 Å². The van der Waals surface area contributed by atoms with Crippen molar-refractivity contribution >= 4 is 6.03 Å². The molecule has 2 atom stereocenters. The molecule has 0 radical (unpaired) electrons. The van der Waals surface area contributed by atoms with Crippen LogP contribution >= 0.6 is 0 Å². The number of nitrogens with one attached hydrogen (secondary N) is 2. The van der Waals surface area contributed by atoms with E-state index in [0.717, 1.165) is 6.07 Å². The first-order valence-electron chi connectivity index (χ1n) is 7.08. The van der Waals surface area contributed by atoms with Gasteiger partial charge in [0.2, 0.25) is 0 Å². The second-order valence-corrected chi connectivity index (χ2v) is 5.10. The maximum Gasteiger partial charge on any atom is 0.315 e. The predicted molar refractivity (Wildman–Crippen MR) is 76.8 cm³/mol. The van der Waals surface area contributed by atoms with Gasteiger partial charge in [-0.15, -0.1) is 0 Å². The van der Waals surface area contributed by atoms with Crippen LogP contribution in [0.25, 0.3) is 0 Å². The van der Waals surface area contributed by atoms with E-state index in [2.05, 4.69) is 10.6 Å². The number of hydrogen-bond acceptors (Lipinski definition) is 2. The van der Waals surface area contributed by atoms with Gasteiger partial charge in [0.05, 0.1) is 6.04 Å². The van der Waals surface area contributed by atoms with Crippen LogP contribution in [-0.2, 0) is 0 Å². The standard InChI is InChI=1S/C15H22F2N2O2/c1-3-14(12-5-4-11(16)8-13(12)17)19-15(21)18-9-10(2)6-7-20/h4-5,8,10,14,20H,3,6-7,9H2,1-2H3,(H2,18,19,21). The topological polar surface area (TPSA) is 61.4 Å². The third-order valence-electron chi connectivity index (χ3n) is 3.28. The number of rotatable bonds is 7. The Morgan fingerprint density at radius 1 is 1.38 bits per heavy atom. The molecule has 0 spiro atoms. The van der Waals surface area contributed by atoms with E-state index in [-0.39, 0.29) is 18.1 Å². The zero-order chi connectivity index (χ0) is 15.8. The fourth-order valence-electron chi connectivity index (χ4n) is 1.98. The molecule has 0 aliphatic carbocycles. The quantitative estimate of drug-likeness (QED) is 0.725. The molecule has 118 valence electrons. The first kappa shape index (κ1) is 17.4. The minimum Gasteiger partial charge on any atom is -0.396 e. The summed E-state index contributed by atoms with van der Waals surface area (Å²) in [6, 6.07) is 2.40. The molecule has 0 heterocycles. The lowest BCUT2D eigenvalue weighted by Gasteiger charge is -2.19. The van der Waals surface area contributed by atoms with E-state index >= 15 is 0 Å². The lowest BCUT2D eigenvalue weighted by molar-refractivity contribution is 0.230. The Bertz CT molecular complexity index is 469. The van der Waals surface area contributed by atoms with Crippen LogP contribution in [0.2, 0.25) is 0 Å². The second-order valence-electron chi connectivity index (χ2n) is 5.10. The third-order valence-corrected chi connectivity index (χ3v) is 3.28. The molecule has 1 rings (SSSR count). The Kier molecular flexibility index (Phi) is 7.08. The number of aliphatic hydroxyl groups excluding tert-OH is 1. The molecule has 4 nitrogen and oxygen atoms in total. The van der Waals surface area contributed by atoms with Gasteiger partial charge in [-0.3, -0.25) is 0 Å². The summed E-state index contributed by atoms with van der Waals surface area (Å²) in [5.41, 5.74) is 0.262. The molecule has 21 heavy (non-hydrogen) atoms. The highest BCUT2D eigenvalue weighted by Crippen LogP contribution is 2.20. The van der Waals surface area contributed by atoms with Crippen LogP contribution < -0.4 is 10.6 Å². The lowest BCUT2D eigenvalue weighted by atomic mass is 10.0. The van der Waals surface area contributed by atoms with Crippen molar-refractivity contribution in [3.63, 3.8) is 0 Å². The van der Waals surface area contributed by atoms with E-state index in [1.807, 2.05) is 13.8 Å². The number of carbonyl (C=O) groups is 1. The smallest absolute Gasteiger partial charge is 0.315 e. The number of hydrogen-bond donors (Lipinski definition) is 3. The molecule has 0 aliphatic rings. The van der Waals surface area contributed by atoms with Crippen molar-refractivity contribution in [3.8, 4) is 0 Å². The number of amides is 2. The van der Waals surface area contributed by atoms with Crippen LogP contribution in [-0.4, -0.2) is 24.3 Å². The molecule has 0 aromatic heterocycles. The van der Waals surface area contributed by atoms with Gasteiger partial charge in [-0.05, 0) is 24.8 Å². The summed E-state index contributed by atoms with van der Waals surface area (Å²) in [5, 5.41) is 14.1.